The van der Waals surface area contributed by atoms with E-state index < -0.39 is 14.6 Å². The predicted molar refractivity (Wildman–Crippen MR) is 118 cm³/mol. The Balaban J connectivity index is 1.90. The monoisotopic (exact) mass is 412 g/mol. The third kappa shape index (κ3) is 4.56. The van der Waals surface area contributed by atoms with Crippen LogP contribution in [0.3, 0.4) is 0 Å². The normalized spacial score (nSPS) is 24.6. The van der Waals surface area contributed by atoms with E-state index in [1.807, 2.05) is 18.2 Å². The number of fused-ring (bicyclic) bond motifs is 1. The van der Waals surface area contributed by atoms with E-state index >= 15 is 0 Å². The van der Waals surface area contributed by atoms with Gasteiger partial charge in [0.05, 0.1) is 24.9 Å². The van der Waals surface area contributed by atoms with Crippen LogP contribution in [0.15, 0.2) is 59.9 Å². The molecule has 4 nitrogen and oxygen atoms in total. The van der Waals surface area contributed by atoms with Gasteiger partial charge in [0.15, 0.2) is 14.6 Å². The van der Waals surface area contributed by atoms with E-state index in [-0.39, 0.29) is 22.8 Å². The molecule has 0 N–H and O–H groups in total. The van der Waals surface area contributed by atoms with Crippen molar-refractivity contribution in [2.45, 2.75) is 51.6 Å². The van der Waals surface area contributed by atoms with E-state index in [9.17, 15) is 4.79 Å². The first-order valence-electron chi connectivity index (χ1n) is 10.2. The number of carbonyl (C=O) groups is 1. The molecule has 0 saturated carbocycles. The lowest BCUT2D eigenvalue weighted by Gasteiger charge is -2.43. The van der Waals surface area contributed by atoms with Gasteiger partial charge in [-0.3, -0.25) is 0 Å². The fourth-order valence-electron chi connectivity index (χ4n) is 3.58. The van der Waals surface area contributed by atoms with Gasteiger partial charge >= 0.3 is 5.97 Å². The zero-order valence-electron chi connectivity index (χ0n) is 18.3. The van der Waals surface area contributed by atoms with Gasteiger partial charge in [0.1, 0.15) is 0 Å². The zero-order valence-corrected chi connectivity index (χ0v) is 19.3. The van der Waals surface area contributed by atoms with E-state index in [4.69, 9.17) is 13.9 Å². The highest BCUT2D eigenvalue weighted by Crippen LogP contribution is 2.47. The molecule has 156 valence electrons. The molecule has 0 aromatic heterocycles. The second kappa shape index (κ2) is 8.32. The van der Waals surface area contributed by atoms with Gasteiger partial charge in [-0.05, 0) is 35.7 Å². The third-order valence-corrected chi connectivity index (χ3v) is 10.8. The van der Waals surface area contributed by atoms with E-state index in [1.54, 1.807) is 6.26 Å². The van der Waals surface area contributed by atoms with Crippen molar-refractivity contribution in [2.75, 3.05) is 7.11 Å². The van der Waals surface area contributed by atoms with Gasteiger partial charge in [0, 0.05) is 5.92 Å². The molecule has 1 aliphatic carbocycles. The number of ether oxygens (including phenoxy) is 2. The Kier molecular flexibility index (Phi) is 6.20. The molecular weight excluding hydrogens is 380 g/mol. The lowest BCUT2D eigenvalue weighted by Crippen LogP contribution is -2.48. The molecular formula is C24H32O4Si. The van der Waals surface area contributed by atoms with Crippen molar-refractivity contribution >= 4 is 20.4 Å². The van der Waals surface area contributed by atoms with E-state index in [0.29, 0.717) is 5.57 Å². The van der Waals surface area contributed by atoms with Crippen molar-refractivity contribution in [1.29, 1.82) is 0 Å². The highest BCUT2D eigenvalue weighted by Gasteiger charge is 2.48. The minimum atomic E-state index is -2.05. The third-order valence-electron chi connectivity index (χ3n) is 6.35. The van der Waals surface area contributed by atoms with Gasteiger partial charge in [0.25, 0.3) is 0 Å². The van der Waals surface area contributed by atoms with Gasteiger partial charge in [-0.1, -0.05) is 69.3 Å². The molecule has 0 radical (unpaired) electrons. The Labute approximate surface area is 175 Å². The van der Waals surface area contributed by atoms with Crippen LogP contribution >= 0.6 is 0 Å². The molecule has 0 amide bonds. The quantitative estimate of drug-likeness (QED) is 0.460. The summed E-state index contributed by atoms with van der Waals surface area (Å²) in [5.74, 6) is -0.336. The van der Waals surface area contributed by atoms with Crippen LogP contribution in [0.4, 0.5) is 0 Å². The smallest absolute Gasteiger partial charge is 0.337 e. The summed E-state index contributed by atoms with van der Waals surface area (Å²) in [6.45, 7) is 11.1. The van der Waals surface area contributed by atoms with Gasteiger partial charge in [0.2, 0.25) is 0 Å². The van der Waals surface area contributed by atoms with E-state index in [2.05, 4.69) is 64.2 Å². The molecule has 1 aliphatic heterocycles. The van der Waals surface area contributed by atoms with Gasteiger partial charge in [-0.15, -0.1) is 0 Å². The van der Waals surface area contributed by atoms with Crippen LogP contribution in [0.5, 0.6) is 0 Å². The SMILES string of the molecule is COC(=O)C1=COC(O[Si](C)(C)C(C)(C)C)[C@@H]2C(/C=C/c3ccccc3)=CC[C@H]12. The van der Waals surface area contributed by atoms with Gasteiger partial charge in [-0.25, -0.2) is 4.79 Å². The summed E-state index contributed by atoms with van der Waals surface area (Å²) in [6, 6.07) is 10.2. The average molecular weight is 413 g/mol. The number of esters is 1. The zero-order chi connectivity index (χ0) is 21.2. The summed E-state index contributed by atoms with van der Waals surface area (Å²) in [4.78, 5) is 12.3. The van der Waals surface area contributed by atoms with Crippen LogP contribution in [0.25, 0.3) is 6.08 Å². The minimum Gasteiger partial charge on any atom is -0.472 e. The molecule has 3 atom stereocenters. The van der Waals surface area contributed by atoms with Crippen molar-refractivity contribution in [3.8, 4) is 0 Å². The van der Waals surface area contributed by atoms with Crippen LogP contribution in [-0.4, -0.2) is 27.7 Å². The standard InChI is InChI=1S/C24H32O4Si/c1-24(2,3)29(5,6)28-23-21-18(13-12-17-10-8-7-9-11-17)14-15-19(21)20(16-27-23)22(25)26-4/h7-14,16,19,21,23H,15H2,1-6H3/b13-12+/t19-,21-,23?/m1/s1. The first-order chi connectivity index (χ1) is 13.6. The number of benzene rings is 1. The molecule has 3 rings (SSSR count). The Bertz CT molecular complexity index is 830. The van der Waals surface area contributed by atoms with Crippen LogP contribution < -0.4 is 0 Å². The van der Waals surface area contributed by atoms with Crippen LogP contribution in [0.2, 0.25) is 18.1 Å². The van der Waals surface area contributed by atoms with Crippen LogP contribution in [0.1, 0.15) is 32.8 Å². The summed E-state index contributed by atoms with van der Waals surface area (Å²) < 4.78 is 17.7. The van der Waals surface area contributed by atoms with Crippen LogP contribution in [0, 0.1) is 11.8 Å². The van der Waals surface area contributed by atoms with Crippen molar-refractivity contribution < 1.29 is 18.7 Å². The lowest BCUT2D eigenvalue weighted by molar-refractivity contribution is -0.140. The maximum Gasteiger partial charge on any atom is 0.337 e. The molecule has 0 bridgehead atoms. The number of methoxy groups -OCH3 is 1. The van der Waals surface area contributed by atoms with Gasteiger partial charge < -0.3 is 13.9 Å². The van der Waals surface area contributed by atoms with Crippen molar-refractivity contribution in [3.63, 3.8) is 0 Å². The first kappa shape index (κ1) is 21.6. The summed E-state index contributed by atoms with van der Waals surface area (Å²) in [7, 11) is -0.636. The Hall–Kier alpha value is -2.11. The summed E-state index contributed by atoms with van der Waals surface area (Å²) in [5, 5.41) is 0.0700. The maximum absolute atomic E-state index is 12.3. The second-order valence-electron chi connectivity index (χ2n) is 9.26. The number of rotatable bonds is 5. The molecule has 0 fully saturated rings. The molecule has 0 spiro atoms. The fraction of sp³-hybridized carbons (Fsp3) is 0.458. The molecule has 5 heteroatoms. The topological polar surface area (TPSA) is 44.8 Å². The first-order valence-corrected chi connectivity index (χ1v) is 13.1. The number of hydrogen-bond acceptors (Lipinski definition) is 4. The van der Waals surface area contributed by atoms with Crippen LogP contribution in [-0.2, 0) is 18.7 Å². The number of allylic oxidation sites excluding steroid dienone is 2. The molecule has 29 heavy (non-hydrogen) atoms. The Morgan fingerprint density at radius 2 is 1.86 bits per heavy atom. The molecule has 1 aromatic rings. The van der Waals surface area contributed by atoms with Crippen molar-refractivity contribution in [2.24, 2.45) is 11.8 Å². The minimum absolute atomic E-state index is 0.0152. The van der Waals surface area contributed by atoms with Crippen molar-refractivity contribution in [3.05, 3.63) is 65.5 Å². The number of carbonyl (C=O) groups excluding carboxylic acids is 1. The number of hydrogen-bond donors (Lipinski definition) is 0. The molecule has 1 heterocycles. The summed E-state index contributed by atoms with van der Waals surface area (Å²) in [6.07, 6.45) is 8.37. The molecule has 1 aromatic carbocycles. The highest BCUT2D eigenvalue weighted by molar-refractivity contribution is 6.74. The molecule has 2 aliphatic rings. The lowest BCUT2D eigenvalue weighted by atomic mass is 9.83. The average Bonchev–Trinajstić information content (AvgIpc) is 3.10. The molecule has 0 saturated heterocycles. The summed E-state index contributed by atoms with van der Waals surface area (Å²) in [5.41, 5.74) is 2.88. The maximum atomic E-state index is 12.3. The molecule has 1 unspecified atom stereocenters. The Morgan fingerprint density at radius 3 is 2.48 bits per heavy atom. The fourth-order valence-corrected chi connectivity index (χ4v) is 4.72. The van der Waals surface area contributed by atoms with Crippen molar-refractivity contribution in [1.82, 2.24) is 0 Å². The largest absolute Gasteiger partial charge is 0.472 e. The predicted octanol–water partition coefficient (Wildman–Crippen LogP) is 5.70. The summed E-state index contributed by atoms with van der Waals surface area (Å²) >= 11 is 0. The van der Waals surface area contributed by atoms with E-state index in [0.717, 1.165) is 17.6 Å². The van der Waals surface area contributed by atoms with Gasteiger partial charge in [-0.2, -0.15) is 0 Å². The second-order valence-corrected chi connectivity index (χ2v) is 14.0. The van der Waals surface area contributed by atoms with E-state index in [1.165, 1.54) is 7.11 Å². The Morgan fingerprint density at radius 1 is 1.17 bits per heavy atom. The highest BCUT2D eigenvalue weighted by atomic mass is 28.4.